The summed E-state index contributed by atoms with van der Waals surface area (Å²) >= 11 is 0. The van der Waals surface area contributed by atoms with Gasteiger partial charge in [-0.25, -0.2) is 0 Å². The Hall–Kier alpha value is -1.72. The molecule has 4 nitrogen and oxygen atoms in total. The zero-order chi connectivity index (χ0) is 16.4. The van der Waals surface area contributed by atoms with Gasteiger partial charge in [0.05, 0.1) is 6.04 Å². The van der Waals surface area contributed by atoms with Crippen LogP contribution >= 0.6 is 0 Å². The van der Waals surface area contributed by atoms with Crippen molar-refractivity contribution in [3.63, 3.8) is 0 Å². The van der Waals surface area contributed by atoms with Crippen LogP contribution in [0.15, 0.2) is 60.7 Å². The lowest BCUT2D eigenvalue weighted by molar-refractivity contribution is -0.164. The van der Waals surface area contributed by atoms with E-state index < -0.39 is 0 Å². The molecule has 0 spiro atoms. The predicted molar refractivity (Wildman–Crippen MR) is 94.9 cm³/mol. The molecule has 0 aromatic heterocycles. The van der Waals surface area contributed by atoms with Crippen LogP contribution in [0.25, 0.3) is 0 Å². The lowest BCUT2D eigenvalue weighted by Gasteiger charge is -2.28. The molecule has 2 aliphatic heterocycles. The van der Waals surface area contributed by atoms with Crippen LogP contribution in [-0.4, -0.2) is 41.7 Å². The van der Waals surface area contributed by atoms with Crippen molar-refractivity contribution in [1.29, 1.82) is 0 Å². The Kier molecular flexibility index (Phi) is 4.63. The number of likely N-dealkylation sites (tertiary alicyclic amines) is 1. The average molecular weight is 323 g/mol. The Balaban J connectivity index is 1.40. The number of rotatable bonds is 5. The minimum Gasteiger partial charge on any atom is -0.329 e. The van der Waals surface area contributed by atoms with E-state index in [0.29, 0.717) is 18.5 Å². The van der Waals surface area contributed by atoms with E-state index in [9.17, 15) is 0 Å². The van der Waals surface area contributed by atoms with Crippen LogP contribution < -0.4 is 5.73 Å². The smallest absolute Gasteiger partial charge is 0.101 e. The lowest BCUT2D eigenvalue weighted by Crippen LogP contribution is -2.42. The van der Waals surface area contributed by atoms with Crippen LogP contribution in [0.5, 0.6) is 0 Å². The summed E-state index contributed by atoms with van der Waals surface area (Å²) in [6.07, 6.45) is 0.224. The maximum atomic E-state index is 6.27. The van der Waals surface area contributed by atoms with Gasteiger partial charge < -0.3 is 5.73 Å². The first-order chi connectivity index (χ1) is 11.8. The van der Waals surface area contributed by atoms with Crippen LogP contribution in [0, 0.1) is 5.92 Å². The molecule has 0 unspecified atom stereocenters. The highest BCUT2D eigenvalue weighted by molar-refractivity contribution is 5.16. The van der Waals surface area contributed by atoms with Gasteiger partial charge in [-0.1, -0.05) is 60.7 Å². The molecular formula is C20H25N3O. The Morgan fingerprint density at radius 2 is 1.50 bits per heavy atom. The molecule has 2 N–H and O–H groups in total. The first-order valence-electron chi connectivity index (χ1n) is 8.77. The standard InChI is InChI=1S/C20H25N3O/c21-11-19-20-18(14-22(19)12-16-7-3-1-4-8-16)15-23(24-20)13-17-9-5-2-6-10-17/h1-10,18-20H,11-15,21H2/t18-,19-,20+/m1/s1. The number of hydrogen-bond acceptors (Lipinski definition) is 4. The molecule has 0 radical (unpaired) electrons. The zero-order valence-electron chi connectivity index (χ0n) is 13.9. The van der Waals surface area contributed by atoms with Crippen molar-refractivity contribution >= 4 is 0 Å². The van der Waals surface area contributed by atoms with Gasteiger partial charge in [-0.05, 0) is 11.1 Å². The molecule has 4 heteroatoms. The highest BCUT2D eigenvalue weighted by Crippen LogP contribution is 2.34. The quantitative estimate of drug-likeness (QED) is 0.916. The first-order valence-corrected chi connectivity index (χ1v) is 8.77. The maximum absolute atomic E-state index is 6.27. The van der Waals surface area contributed by atoms with Crippen molar-refractivity contribution in [2.24, 2.45) is 11.7 Å². The fourth-order valence-corrected chi connectivity index (χ4v) is 4.03. The normalized spacial score (nSPS) is 27.5. The minimum absolute atomic E-state index is 0.224. The summed E-state index contributed by atoms with van der Waals surface area (Å²) < 4.78 is 0. The van der Waals surface area contributed by atoms with Crippen LogP contribution in [-0.2, 0) is 17.9 Å². The van der Waals surface area contributed by atoms with Crippen molar-refractivity contribution in [3.8, 4) is 0 Å². The van der Waals surface area contributed by atoms with Gasteiger partial charge in [0.2, 0.25) is 0 Å². The van der Waals surface area contributed by atoms with E-state index in [-0.39, 0.29) is 6.10 Å². The Bertz CT molecular complexity index is 648. The largest absolute Gasteiger partial charge is 0.329 e. The third kappa shape index (κ3) is 3.23. The molecule has 0 amide bonds. The fourth-order valence-electron chi connectivity index (χ4n) is 4.03. The summed E-state index contributed by atoms with van der Waals surface area (Å²) in [5.41, 5.74) is 8.73. The third-order valence-corrected chi connectivity index (χ3v) is 5.16. The average Bonchev–Trinajstić information content (AvgIpc) is 3.13. The minimum atomic E-state index is 0.224. The van der Waals surface area contributed by atoms with E-state index in [4.69, 9.17) is 10.6 Å². The van der Waals surface area contributed by atoms with Gasteiger partial charge in [-0.2, -0.15) is 5.06 Å². The number of hydroxylamine groups is 2. The molecular weight excluding hydrogens is 298 g/mol. The zero-order valence-corrected chi connectivity index (χ0v) is 13.9. The molecule has 4 rings (SSSR count). The van der Waals surface area contributed by atoms with E-state index in [1.807, 2.05) is 0 Å². The number of nitrogens with two attached hydrogens (primary N) is 1. The van der Waals surface area contributed by atoms with Gasteiger partial charge in [0.25, 0.3) is 0 Å². The second-order valence-corrected chi connectivity index (χ2v) is 6.86. The van der Waals surface area contributed by atoms with Crippen LogP contribution in [0.2, 0.25) is 0 Å². The summed E-state index contributed by atoms with van der Waals surface area (Å²) in [5.74, 6) is 0.547. The molecule has 0 saturated carbocycles. The van der Waals surface area contributed by atoms with Crippen molar-refractivity contribution in [3.05, 3.63) is 71.8 Å². The van der Waals surface area contributed by atoms with Gasteiger partial charge in [-0.3, -0.25) is 9.74 Å². The van der Waals surface area contributed by atoms with Gasteiger partial charge in [0.15, 0.2) is 0 Å². The summed E-state index contributed by atoms with van der Waals surface area (Å²) in [5, 5.41) is 2.12. The first kappa shape index (κ1) is 15.8. The second-order valence-electron chi connectivity index (χ2n) is 6.86. The van der Waals surface area contributed by atoms with Crippen LogP contribution in [0.3, 0.4) is 0 Å². The summed E-state index contributed by atoms with van der Waals surface area (Å²) in [4.78, 5) is 8.76. The van der Waals surface area contributed by atoms with Crippen molar-refractivity contribution in [2.75, 3.05) is 19.6 Å². The van der Waals surface area contributed by atoms with Crippen molar-refractivity contribution < 1.29 is 4.84 Å². The Morgan fingerprint density at radius 3 is 2.12 bits per heavy atom. The topological polar surface area (TPSA) is 41.7 Å². The summed E-state index contributed by atoms with van der Waals surface area (Å²) in [6.45, 7) is 4.50. The summed E-state index contributed by atoms with van der Waals surface area (Å²) in [7, 11) is 0. The molecule has 0 bridgehead atoms. The molecule has 2 aliphatic rings. The van der Waals surface area contributed by atoms with Crippen molar-refractivity contribution in [2.45, 2.75) is 25.2 Å². The van der Waals surface area contributed by atoms with E-state index in [1.165, 1.54) is 11.1 Å². The van der Waals surface area contributed by atoms with Gasteiger partial charge in [0.1, 0.15) is 6.10 Å². The Labute approximate surface area is 143 Å². The Morgan fingerprint density at radius 1 is 0.875 bits per heavy atom. The fraction of sp³-hybridized carbons (Fsp3) is 0.400. The van der Waals surface area contributed by atoms with Gasteiger partial charge >= 0.3 is 0 Å². The second kappa shape index (κ2) is 7.03. The van der Waals surface area contributed by atoms with Crippen molar-refractivity contribution in [1.82, 2.24) is 9.96 Å². The predicted octanol–water partition coefficient (Wildman–Crippen LogP) is 2.26. The highest BCUT2D eigenvalue weighted by Gasteiger charge is 2.47. The van der Waals surface area contributed by atoms with E-state index >= 15 is 0 Å². The maximum Gasteiger partial charge on any atom is 0.101 e. The number of nitrogens with zero attached hydrogens (tertiary/aromatic N) is 2. The monoisotopic (exact) mass is 323 g/mol. The molecule has 3 atom stereocenters. The number of hydrogen-bond donors (Lipinski definition) is 1. The van der Waals surface area contributed by atoms with Gasteiger partial charge in [0, 0.05) is 38.6 Å². The molecule has 2 aromatic carbocycles. The molecule has 0 aliphatic carbocycles. The molecule has 24 heavy (non-hydrogen) atoms. The molecule has 126 valence electrons. The highest BCUT2D eigenvalue weighted by atomic mass is 16.7. The number of benzene rings is 2. The van der Waals surface area contributed by atoms with Crippen LogP contribution in [0.4, 0.5) is 0 Å². The van der Waals surface area contributed by atoms with E-state index in [2.05, 4.69) is 70.6 Å². The lowest BCUT2D eigenvalue weighted by atomic mass is 10.0. The third-order valence-electron chi connectivity index (χ3n) is 5.16. The molecule has 2 fully saturated rings. The van der Waals surface area contributed by atoms with Crippen LogP contribution in [0.1, 0.15) is 11.1 Å². The SMILES string of the molecule is NC[C@@H]1[C@H]2ON(Cc3ccccc3)C[C@H]2CN1Cc1ccccc1. The summed E-state index contributed by atoms with van der Waals surface area (Å²) in [6, 6.07) is 21.4. The van der Waals surface area contributed by atoms with E-state index in [1.54, 1.807) is 0 Å². The molecule has 2 heterocycles. The van der Waals surface area contributed by atoms with E-state index in [0.717, 1.165) is 26.2 Å². The molecule has 2 aromatic rings. The van der Waals surface area contributed by atoms with Gasteiger partial charge in [-0.15, -0.1) is 0 Å². The molecule has 2 saturated heterocycles. The number of fused-ring (bicyclic) bond motifs is 1.